The lowest BCUT2D eigenvalue weighted by atomic mass is 9.90. The van der Waals surface area contributed by atoms with Crippen LogP contribution in [0.3, 0.4) is 0 Å². The van der Waals surface area contributed by atoms with Gasteiger partial charge in [0.2, 0.25) is 5.95 Å². The van der Waals surface area contributed by atoms with E-state index in [0.29, 0.717) is 48.4 Å². The van der Waals surface area contributed by atoms with Crippen molar-refractivity contribution in [2.75, 3.05) is 45.3 Å². The molecule has 3 aromatic heterocycles. The van der Waals surface area contributed by atoms with E-state index in [4.69, 9.17) is 24.0 Å². The summed E-state index contributed by atoms with van der Waals surface area (Å²) in [6.45, 7) is 8.62. The van der Waals surface area contributed by atoms with E-state index >= 15 is 0 Å². The molecule has 1 saturated carbocycles. The van der Waals surface area contributed by atoms with Gasteiger partial charge in [0, 0.05) is 50.6 Å². The van der Waals surface area contributed by atoms with Gasteiger partial charge < -0.3 is 24.3 Å². The molecule has 1 N–H and O–H groups in total. The standard InChI is InChI=1S/C34H44N10O4/c1-24(45-3)10-13-47-33-31(21-44(41-33)30-8-6-29(7-9-30)42-11-14-46-15-12-42)40-34-37-18-28(19-38-34)26-4-5-27(17-35)32(16-26)48-25(2)20-43-23-36-22-39-43/h4-5,16,18-19,21-25,29-30H,6-15,20H2,1-3H3,(H,37,38,40)/t24-,25-,29-,30-/m0/s1. The molecule has 48 heavy (non-hydrogen) atoms. The number of hydrogen-bond acceptors (Lipinski definition) is 12. The van der Waals surface area contributed by atoms with Crippen molar-refractivity contribution in [1.82, 2.24) is 39.4 Å². The highest BCUT2D eigenvalue weighted by molar-refractivity contribution is 5.67. The minimum absolute atomic E-state index is 0.0832. The molecule has 2 aliphatic rings. The van der Waals surface area contributed by atoms with Crippen LogP contribution in [0.25, 0.3) is 11.1 Å². The number of rotatable bonds is 14. The molecule has 2 atom stereocenters. The summed E-state index contributed by atoms with van der Waals surface area (Å²) in [5.41, 5.74) is 2.79. The molecular weight excluding hydrogens is 612 g/mol. The number of aromatic nitrogens is 7. The molecule has 1 aliphatic carbocycles. The Labute approximate surface area is 281 Å². The SMILES string of the molecule is CO[C@@H](C)CCOc1nn([C@H]2CC[C@H](N3CCOCC3)CC2)cc1Nc1ncc(-c2ccc(C#N)c(O[C@@H](C)Cn3cncn3)c2)cn1. The Morgan fingerprint density at radius 2 is 1.81 bits per heavy atom. The predicted molar refractivity (Wildman–Crippen MR) is 178 cm³/mol. The third kappa shape index (κ3) is 8.46. The van der Waals surface area contributed by atoms with E-state index in [9.17, 15) is 5.26 Å². The Balaban J connectivity index is 1.14. The van der Waals surface area contributed by atoms with E-state index in [1.807, 2.05) is 36.9 Å². The molecular formula is C34H44N10O4. The molecule has 0 radical (unpaired) electrons. The number of nitrogens with zero attached hydrogens (tertiary/aromatic N) is 9. The summed E-state index contributed by atoms with van der Waals surface area (Å²) in [6.07, 6.45) is 13.6. The second-order valence-corrected chi connectivity index (χ2v) is 12.4. The maximum atomic E-state index is 9.67. The van der Waals surface area contributed by atoms with Gasteiger partial charge in [0.15, 0.2) is 0 Å². The molecule has 0 unspecified atom stereocenters. The Morgan fingerprint density at radius 3 is 2.52 bits per heavy atom. The third-order valence-electron chi connectivity index (χ3n) is 9.04. The molecule has 0 bridgehead atoms. The first-order valence-corrected chi connectivity index (χ1v) is 16.7. The van der Waals surface area contributed by atoms with E-state index < -0.39 is 0 Å². The molecule has 6 rings (SSSR count). The summed E-state index contributed by atoms with van der Waals surface area (Å²) in [7, 11) is 1.70. The summed E-state index contributed by atoms with van der Waals surface area (Å²) in [6, 6.07) is 8.57. The maximum Gasteiger partial charge on any atom is 0.256 e. The zero-order valence-corrected chi connectivity index (χ0v) is 27.9. The van der Waals surface area contributed by atoms with Crippen molar-refractivity contribution in [3.63, 3.8) is 0 Å². The van der Waals surface area contributed by atoms with Crippen LogP contribution in [0.4, 0.5) is 11.6 Å². The minimum Gasteiger partial charge on any atom is -0.487 e. The number of nitrogens with one attached hydrogen (secondary N) is 1. The monoisotopic (exact) mass is 656 g/mol. The van der Waals surface area contributed by atoms with Crippen LogP contribution >= 0.6 is 0 Å². The van der Waals surface area contributed by atoms with Gasteiger partial charge in [0.1, 0.15) is 36.3 Å². The van der Waals surface area contributed by atoms with Gasteiger partial charge in [-0.25, -0.2) is 19.6 Å². The molecule has 0 amide bonds. The first-order chi connectivity index (χ1) is 23.5. The minimum atomic E-state index is -0.230. The van der Waals surface area contributed by atoms with Gasteiger partial charge in [0.05, 0.1) is 50.3 Å². The van der Waals surface area contributed by atoms with Crippen molar-refractivity contribution >= 4 is 11.6 Å². The fourth-order valence-corrected chi connectivity index (χ4v) is 6.22. The number of hydrogen-bond donors (Lipinski definition) is 1. The molecule has 14 heteroatoms. The van der Waals surface area contributed by atoms with Gasteiger partial charge in [-0.15, -0.1) is 5.10 Å². The van der Waals surface area contributed by atoms with Gasteiger partial charge in [-0.05, 0) is 57.2 Å². The molecule has 4 heterocycles. The average molecular weight is 657 g/mol. The normalized spacial score (nSPS) is 19.7. The van der Waals surface area contributed by atoms with Crippen LogP contribution in [0.2, 0.25) is 0 Å². The number of benzene rings is 1. The van der Waals surface area contributed by atoms with Gasteiger partial charge >= 0.3 is 0 Å². The molecule has 254 valence electrons. The number of morpholine rings is 1. The zero-order chi connectivity index (χ0) is 33.3. The first-order valence-electron chi connectivity index (χ1n) is 16.7. The highest BCUT2D eigenvalue weighted by Gasteiger charge is 2.29. The molecule has 2 fully saturated rings. The quantitative estimate of drug-likeness (QED) is 0.202. The summed E-state index contributed by atoms with van der Waals surface area (Å²) < 4.78 is 27.0. The molecule has 0 spiro atoms. The van der Waals surface area contributed by atoms with Gasteiger partial charge in [-0.1, -0.05) is 6.07 Å². The Bertz CT molecular complexity index is 1620. The van der Waals surface area contributed by atoms with Crippen molar-refractivity contribution in [3.05, 3.63) is 55.0 Å². The van der Waals surface area contributed by atoms with Gasteiger partial charge in [-0.2, -0.15) is 10.4 Å². The van der Waals surface area contributed by atoms with Gasteiger partial charge in [0.25, 0.3) is 5.88 Å². The van der Waals surface area contributed by atoms with E-state index in [-0.39, 0.29) is 12.2 Å². The fraction of sp³-hybridized carbons (Fsp3) is 0.529. The average Bonchev–Trinajstić information content (AvgIpc) is 3.79. The van der Waals surface area contributed by atoms with Crippen LogP contribution in [0.1, 0.15) is 57.6 Å². The summed E-state index contributed by atoms with van der Waals surface area (Å²) in [4.78, 5) is 15.8. The lowest BCUT2D eigenvalue weighted by Gasteiger charge is -2.38. The van der Waals surface area contributed by atoms with Crippen LogP contribution in [0, 0.1) is 11.3 Å². The highest BCUT2D eigenvalue weighted by Crippen LogP contribution is 2.35. The van der Waals surface area contributed by atoms with Crippen molar-refractivity contribution in [1.29, 1.82) is 5.26 Å². The second kappa shape index (κ2) is 16.0. The molecule has 14 nitrogen and oxygen atoms in total. The number of anilines is 2. The van der Waals surface area contributed by atoms with Crippen molar-refractivity contribution in [2.24, 2.45) is 0 Å². The van der Waals surface area contributed by atoms with Gasteiger partial charge in [-0.3, -0.25) is 9.58 Å². The topological polar surface area (TPSA) is 150 Å². The van der Waals surface area contributed by atoms with Crippen LogP contribution in [0.5, 0.6) is 11.6 Å². The van der Waals surface area contributed by atoms with E-state index in [1.165, 1.54) is 6.33 Å². The lowest BCUT2D eigenvalue weighted by molar-refractivity contribution is 0.00502. The Hall–Kier alpha value is -4.58. The van der Waals surface area contributed by atoms with E-state index in [1.54, 1.807) is 36.6 Å². The highest BCUT2D eigenvalue weighted by atomic mass is 16.5. The van der Waals surface area contributed by atoms with Crippen molar-refractivity contribution in [3.8, 4) is 28.8 Å². The second-order valence-electron chi connectivity index (χ2n) is 12.4. The molecule has 1 aliphatic heterocycles. The maximum absolute atomic E-state index is 9.67. The van der Waals surface area contributed by atoms with E-state index in [2.05, 4.69) is 36.3 Å². The molecule has 1 aromatic carbocycles. The Morgan fingerprint density at radius 1 is 1.04 bits per heavy atom. The molecule has 4 aromatic rings. The van der Waals surface area contributed by atoms with Crippen molar-refractivity contribution < 1.29 is 18.9 Å². The number of ether oxygens (including phenoxy) is 4. The third-order valence-corrected chi connectivity index (χ3v) is 9.04. The van der Waals surface area contributed by atoms with Crippen LogP contribution in [-0.4, -0.2) is 97.7 Å². The Kier molecular flexibility index (Phi) is 11.1. The number of methoxy groups -OCH3 is 1. The van der Waals surface area contributed by atoms with Crippen LogP contribution < -0.4 is 14.8 Å². The zero-order valence-electron chi connectivity index (χ0n) is 27.9. The largest absolute Gasteiger partial charge is 0.487 e. The lowest BCUT2D eigenvalue weighted by Crippen LogP contribution is -2.45. The van der Waals surface area contributed by atoms with Crippen molar-refractivity contribution in [2.45, 2.75) is 76.8 Å². The summed E-state index contributed by atoms with van der Waals surface area (Å²) in [5, 5.41) is 22.0. The fourth-order valence-electron chi connectivity index (χ4n) is 6.22. The van der Waals surface area contributed by atoms with E-state index in [0.717, 1.165) is 75.2 Å². The summed E-state index contributed by atoms with van der Waals surface area (Å²) >= 11 is 0. The van der Waals surface area contributed by atoms with Crippen LogP contribution in [-0.2, 0) is 16.0 Å². The predicted octanol–water partition coefficient (Wildman–Crippen LogP) is 4.63. The summed E-state index contributed by atoms with van der Waals surface area (Å²) in [5.74, 6) is 1.44. The smallest absolute Gasteiger partial charge is 0.256 e. The number of nitriles is 1. The first kappa shape index (κ1) is 33.3. The van der Waals surface area contributed by atoms with Crippen LogP contribution in [0.15, 0.2) is 49.4 Å². The molecule has 1 saturated heterocycles.